The molecule has 0 rings (SSSR count). The van der Waals surface area contributed by atoms with E-state index in [4.69, 9.17) is 21.1 Å². The molecule has 0 saturated carbocycles. The Hall–Kier alpha value is -3.40. The van der Waals surface area contributed by atoms with Crippen LogP contribution in [0.2, 0.25) is 0 Å². The van der Waals surface area contributed by atoms with Gasteiger partial charge in [-0.05, 0) is 31.3 Å². The predicted molar refractivity (Wildman–Crippen MR) is 120 cm³/mol. The van der Waals surface area contributed by atoms with Gasteiger partial charge in [-0.3, -0.25) is 28.8 Å². The van der Waals surface area contributed by atoms with Crippen molar-refractivity contribution >= 4 is 53.4 Å². The second kappa shape index (κ2) is 16.3. The van der Waals surface area contributed by atoms with E-state index in [9.17, 15) is 38.7 Å². The maximum Gasteiger partial charge on any atom is 0.326 e. The van der Waals surface area contributed by atoms with Crippen LogP contribution in [0.25, 0.3) is 0 Å². The number of amides is 3. The number of carbonyl (C=O) groups is 7. The molecule has 0 fully saturated rings. The van der Waals surface area contributed by atoms with Crippen LogP contribution in [0.5, 0.6) is 0 Å². The van der Waals surface area contributed by atoms with Crippen molar-refractivity contribution in [3.8, 4) is 0 Å². The van der Waals surface area contributed by atoms with Gasteiger partial charge < -0.3 is 42.1 Å². The second-order valence-electron chi connectivity index (χ2n) is 7.37. The van der Waals surface area contributed by atoms with Crippen molar-refractivity contribution in [3.05, 3.63) is 0 Å². The van der Waals surface area contributed by atoms with Crippen molar-refractivity contribution in [2.24, 2.45) is 5.73 Å². The summed E-state index contributed by atoms with van der Waals surface area (Å²) in [4.78, 5) is 81.7. The highest BCUT2D eigenvalue weighted by Gasteiger charge is 2.31. The van der Waals surface area contributed by atoms with Gasteiger partial charge in [-0.1, -0.05) is 0 Å². The molecule has 0 aliphatic rings. The molecule has 0 aliphatic heterocycles. The average molecular weight is 523 g/mol. The van der Waals surface area contributed by atoms with E-state index >= 15 is 0 Å². The molecule has 0 aromatic carbocycles. The van der Waals surface area contributed by atoms with Crippen molar-refractivity contribution in [2.45, 2.75) is 62.7 Å². The first-order valence-corrected chi connectivity index (χ1v) is 11.7. The number of thioether (sulfide) groups is 1. The van der Waals surface area contributed by atoms with Gasteiger partial charge in [0.1, 0.15) is 18.1 Å². The van der Waals surface area contributed by atoms with E-state index in [2.05, 4.69) is 10.6 Å². The molecule has 0 bridgehead atoms. The number of hydrogen-bond donors (Lipinski definition) is 8. The maximum atomic E-state index is 12.7. The lowest BCUT2D eigenvalue weighted by molar-refractivity contribution is -0.144. The SMILES string of the molecule is CSCCC(N)C(=O)NC(CC(=O)O)C(=O)NC(CCC(=O)O)C(=O)NC(CCC(=O)O)C(=O)O. The van der Waals surface area contributed by atoms with Crippen LogP contribution in [0.4, 0.5) is 0 Å². The van der Waals surface area contributed by atoms with Gasteiger partial charge in [0.25, 0.3) is 0 Å². The predicted octanol–water partition coefficient (Wildman–Crippen LogP) is -2.19. The van der Waals surface area contributed by atoms with E-state index in [1.54, 1.807) is 6.26 Å². The van der Waals surface area contributed by atoms with E-state index in [1.807, 2.05) is 5.32 Å². The monoisotopic (exact) mass is 522 g/mol. The molecule has 4 unspecified atom stereocenters. The molecule has 198 valence electrons. The third-order valence-corrected chi connectivity index (χ3v) is 5.17. The number of hydrogen-bond acceptors (Lipinski definition) is 9. The molecule has 16 heteroatoms. The molecule has 15 nitrogen and oxygen atoms in total. The first-order chi connectivity index (χ1) is 16.3. The van der Waals surface area contributed by atoms with Crippen molar-refractivity contribution in [1.29, 1.82) is 0 Å². The van der Waals surface area contributed by atoms with Gasteiger partial charge in [0.2, 0.25) is 17.7 Å². The van der Waals surface area contributed by atoms with Crippen LogP contribution >= 0.6 is 11.8 Å². The fraction of sp³-hybridized carbons (Fsp3) is 0.632. The molecule has 0 spiro atoms. The van der Waals surface area contributed by atoms with Gasteiger partial charge in [0.05, 0.1) is 12.5 Å². The summed E-state index contributed by atoms with van der Waals surface area (Å²) in [5, 5.41) is 42.3. The number of rotatable bonds is 18. The fourth-order valence-electron chi connectivity index (χ4n) is 2.65. The molecule has 4 atom stereocenters. The largest absolute Gasteiger partial charge is 0.481 e. The molecule has 0 heterocycles. The Kier molecular flexibility index (Phi) is 14.7. The smallest absolute Gasteiger partial charge is 0.326 e. The number of carbonyl (C=O) groups excluding carboxylic acids is 3. The molecule has 0 aromatic heterocycles. The average Bonchev–Trinajstić information content (AvgIpc) is 2.75. The number of aliphatic carboxylic acids is 4. The van der Waals surface area contributed by atoms with Crippen LogP contribution in [-0.2, 0) is 33.6 Å². The van der Waals surface area contributed by atoms with Gasteiger partial charge in [0, 0.05) is 12.8 Å². The summed E-state index contributed by atoms with van der Waals surface area (Å²) in [6.07, 6.45) is -1.06. The summed E-state index contributed by atoms with van der Waals surface area (Å²) in [7, 11) is 0. The lowest BCUT2D eigenvalue weighted by Gasteiger charge is -2.24. The van der Waals surface area contributed by atoms with Crippen LogP contribution in [0.15, 0.2) is 0 Å². The standard InChI is InChI=1S/C19H30N4O11S/c1-35-7-6-9(20)16(30)23-12(8-15(28)29)18(32)21-10(2-4-13(24)25)17(31)22-11(19(33)34)3-5-14(26)27/h9-12H,2-8,20H2,1H3,(H,21,32)(H,22,31)(H,23,30)(H,24,25)(H,26,27)(H,28,29)(H,33,34). The van der Waals surface area contributed by atoms with Crippen LogP contribution in [0.1, 0.15) is 38.5 Å². The van der Waals surface area contributed by atoms with Gasteiger partial charge in [0.15, 0.2) is 0 Å². The number of carboxylic acids is 4. The summed E-state index contributed by atoms with van der Waals surface area (Å²) < 4.78 is 0. The first kappa shape index (κ1) is 31.6. The van der Waals surface area contributed by atoms with Crippen molar-refractivity contribution in [2.75, 3.05) is 12.0 Å². The van der Waals surface area contributed by atoms with Gasteiger partial charge in [-0.15, -0.1) is 0 Å². The van der Waals surface area contributed by atoms with E-state index in [0.29, 0.717) is 5.75 Å². The molecule has 0 saturated heterocycles. The Morgan fingerprint density at radius 1 is 0.686 bits per heavy atom. The Balaban J connectivity index is 5.56. The number of nitrogens with two attached hydrogens (primary N) is 1. The maximum absolute atomic E-state index is 12.7. The van der Waals surface area contributed by atoms with Gasteiger partial charge in [-0.25, -0.2) is 4.79 Å². The van der Waals surface area contributed by atoms with Crippen molar-refractivity contribution < 1.29 is 54.0 Å². The Bertz CT molecular complexity index is 808. The van der Waals surface area contributed by atoms with E-state index in [-0.39, 0.29) is 6.42 Å². The highest BCUT2D eigenvalue weighted by Crippen LogP contribution is 2.05. The number of carboxylic acid groups (broad SMARTS) is 4. The molecule has 0 aliphatic carbocycles. The zero-order chi connectivity index (χ0) is 27.1. The fourth-order valence-corrected chi connectivity index (χ4v) is 3.13. The Morgan fingerprint density at radius 3 is 1.60 bits per heavy atom. The minimum Gasteiger partial charge on any atom is -0.481 e. The van der Waals surface area contributed by atoms with Crippen LogP contribution in [-0.4, -0.2) is 98.2 Å². The summed E-state index contributed by atoms with van der Waals surface area (Å²) in [5.74, 6) is -8.24. The zero-order valence-corrected chi connectivity index (χ0v) is 19.7. The first-order valence-electron chi connectivity index (χ1n) is 10.3. The Morgan fingerprint density at radius 2 is 1.14 bits per heavy atom. The normalized spacial score (nSPS) is 14.0. The van der Waals surface area contributed by atoms with Crippen LogP contribution in [0, 0.1) is 0 Å². The summed E-state index contributed by atoms with van der Waals surface area (Å²) in [6.45, 7) is 0. The van der Waals surface area contributed by atoms with E-state index in [1.165, 1.54) is 11.8 Å². The topological polar surface area (TPSA) is 263 Å². The molecule has 3 amide bonds. The van der Waals surface area contributed by atoms with Crippen LogP contribution in [0.3, 0.4) is 0 Å². The zero-order valence-electron chi connectivity index (χ0n) is 18.9. The highest BCUT2D eigenvalue weighted by atomic mass is 32.2. The summed E-state index contributed by atoms with van der Waals surface area (Å²) in [5.41, 5.74) is 5.71. The molecular weight excluding hydrogens is 492 g/mol. The van der Waals surface area contributed by atoms with Gasteiger partial charge >= 0.3 is 23.9 Å². The minimum atomic E-state index is -1.66. The molecule has 35 heavy (non-hydrogen) atoms. The highest BCUT2D eigenvalue weighted by molar-refractivity contribution is 7.98. The van der Waals surface area contributed by atoms with Crippen molar-refractivity contribution in [3.63, 3.8) is 0 Å². The molecule has 9 N–H and O–H groups in total. The third kappa shape index (κ3) is 13.8. The van der Waals surface area contributed by atoms with E-state index < -0.39 is 97.9 Å². The summed E-state index contributed by atoms with van der Waals surface area (Å²) >= 11 is 1.41. The quantitative estimate of drug-likeness (QED) is 0.0952. The van der Waals surface area contributed by atoms with Gasteiger partial charge in [-0.2, -0.15) is 11.8 Å². The molecule has 0 aromatic rings. The van der Waals surface area contributed by atoms with E-state index in [0.717, 1.165) is 0 Å². The second-order valence-corrected chi connectivity index (χ2v) is 8.36. The van der Waals surface area contributed by atoms with Crippen molar-refractivity contribution in [1.82, 2.24) is 16.0 Å². The molecule has 0 radical (unpaired) electrons. The third-order valence-electron chi connectivity index (χ3n) is 4.52. The lowest BCUT2D eigenvalue weighted by Crippen LogP contribution is -2.57. The lowest BCUT2D eigenvalue weighted by atomic mass is 10.1. The molecular formula is C19H30N4O11S. The minimum absolute atomic E-state index is 0.241. The Labute approximate surface area is 204 Å². The van der Waals surface area contributed by atoms with Crippen LogP contribution < -0.4 is 21.7 Å². The summed E-state index contributed by atoms with van der Waals surface area (Å²) in [6, 6.07) is -5.97. The number of nitrogens with one attached hydrogen (secondary N) is 3.